The Balaban J connectivity index is 1.73. The van der Waals surface area contributed by atoms with Crippen LogP contribution in [0.4, 0.5) is 4.39 Å². The van der Waals surface area contributed by atoms with E-state index in [0.29, 0.717) is 0 Å². The molecule has 0 bridgehead atoms. The lowest BCUT2D eigenvalue weighted by molar-refractivity contribution is 0.507. The molecular formula is C18H20FN5S. The van der Waals surface area contributed by atoms with E-state index < -0.39 is 0 Å². The number of rotatable bonds is 7. The number of hydrogen-bond donors (Lipinski definition) is 0. The monoisotopic (exact) mass is 357 g/mol. The Hall–Kier alpha value is -2.15. The van der Waals surface area contributed by atoms with Crippen molar-refractivity contribution in [3.8, 4) is 5.69 Å². The summed E-state index contributed by atoms with van der Waals surface area (Å²) in [7, 11) is 0. The highest BCUT2D eigenvalue weighted by Crippen LogP contribution is 2.49. The molecule has 4 rings (SSSR count). The largest absolute Gasteiger partial charge is 0.336 e. The molecule has 25 heavy (non-hydrogen) atoms. The second-order valence-electron chi connectivity index (χ2n) is 6.50. The Labute approximate surface area is 150 Å². The molecule has 0 aliphatic heterocycles. The maximum atomic E-state index is 13.7. The first-order chi connectivity index (χ1) is 12.2. The van der Waals surface area contributed by atoms with Crippen LogP contribution in [0.2, 0.25) is 0 Å². The molecule has 1 aliphatic carbocycles. The van der Waals surface area contributed by atoms with E-state index in [0.717, 1.165) is 48.9 Å². The first kappa shape index (κ1) is 16.3. The third-order valence-electron chi connectivity index (χ3n) is 4.61. The van der Waals surface area contributed by atoms with Crippen molar-refractivity contribution in [2.75, 3.05) is 12.0 Å². The van der Waals surface area contributed by atoms with Gasteiger partial charge in [0.05, 0.1) is 12.0 Å². The van der Waals surface area contributed by atoms with Crippen LogP contribution in [-0.4, -0.2) is 36.3 Å². The van der Waals surface area contributed by atoms with Gasteiger partial charge in [0.15, 0.2) is 5.82 Å². The second-order valence-corrected chi connectivity index (χ2v) is 7.49. The number of aryl methyl sites for hydroxylation is 1. The van der Waals surface area contributed by atoms with Crippen molar-refractivity contribution < 1.29 is 4.39 Å². The van der Waals surface area contributed by atoms with Crippen molar-refractivity contribution in [2.24, 2.45) is 0 Å². The molecule has 1 saturated carbocycles. The number of nitrogens with zero attached hydrogens (tertiary/aromatic N) is 5. The van der Waals surface area contributed by atoms with Crippen molar-refractivity contribution in [2.45, 2.75) is 31.2 Å². The molecule has 130 valence electrons. The van der Waals surface area contributed by atoms with Gasteiger partial charge in [0.1, 0.15) is 11.6 Å². The van der Waals surface area contributed by atoms with E-state index in [9.17, 15) is 4.39 Å². The SMILES string of the molecule is CSCCc1nc(C2(Cn3ccnc3)CC2)n(-c2cccc(F)c2)n1. The molecule has 1 aliphatic rings. The summed E-state index contributed by atoms with van der Waals surface area (Å²) < 4.78 is 17.7. The minimum Gasteiger partial charge on any atom is -0.336 e. The fourth-order valence-corrected chi connectivity index (χ4v) is 3.50. The molecule has 0 spiro atoms. The van der Waals surface area contributed by atoms with Gasteiger partial charge in [-0.1, -0.05) is 6.07 Å². The number of benzene rings is 1. The number of thioether (sulfide) groups is 1. The summed E-state index contributed by atoms with van der Waals surface area (Å²) in [6.07, 6.45) is 10.6. The van der Waals surface area contributed by atoms with Gasteiger partial charge in [-0.05, 0) is 37.3 Å². The van der Waals surface area contributed by atoms with Gasteiger partial charge in [0.25, 0.3) is 0 Å². The van der Waals surface area contributed by atoms with Crippen LogP contribution in [0, 0.1) is 5.82 Å². The fourth-order valence-electron chi connectivity index (χ4n) is 3.12. The van der Waals surface area contributed by atoms with E-state index >= 15 is 0 Å². The number of hydrogen-bond acceptors (Lipinski definition) is 4. The predicted molar refractivity (Wildman–Crippen MR) is 96.5 cm³/mol. The van der Waals surface area contributed by atoms with Crippen molar-refractivity contribution in [1.82, 2.24) is 24.3 Å². The van der Waals surface area contributed by atoms with Gasteiger partial charge in [-0.25, -0.2) is 19.0 Å². The summed E-state index contributed by atoms with van der Waals surface area (Å²) in [4.78, 5) is 8.98. The average Bonchev–Trinajstić information content (AvgIpc) is 3.02. The topological polar surface area (TPSA) is 48.5 Å². The molecule has 2 heterocycles. The molecule has 0 saturated heterocycles. The van der Waals surface area contributed by atoms with Crippen LogP contribution in [0.15, 0.2) is 43.0 Å². The van der Waals surface area contributed by atoms with E-state index in [1.165, 1.54) is 12.1 Å². The maximum absolute atomic E-state index is 13.7. The van der Waals surface area contributed by atoms with Gasteiger partial charge in [0, 0.05) is 36.5 Å². The Morgan fingerprint density at radius 3 is 2.88 bits per heavy atom. The van der Waals surface area contributed by atoms with Crippen LogP contribution in [0.3, 0.4) is 0 Å². The highest BCUT2D eigenvalue weighted by atomic mass is 32.2. The molecule has 0 unspecified atom stereocenters. The normalized spacial score (nSPS) is 15.4. The van der Waals surface area contributed by atoms with Gasteiger partial charge in [-0.3, -0.25) is 0 Å². The molecule has 1 aromatic carbocycles. The maximum Gasteiger partial charge on any atom is 0.152 e. The molecule has 0 amide bonds. The molecule has 7 heteroatoms. The molecule has 3 aromatic rings. The van der Waals surface area contributed by atoms with Crippen LogP contribution in [-0.2, 0) is 18.4 Å². The minimum absolute atomic E-state index is 0.0440. The van der Waals surface area contributed by atoms with E-state index in [1.54, 1.807) is 24.0 Å². The van der Waals surface area contributed by atoms with Crippen molar-refractivity contribution >= 4 is 11.8 Å². The van der Waals surface area contributed by atoms with Gasteiger partial charge < -0.3 is 4.57 Å². The predicted octanol–water partition coefficient (Wildman–Crippen LogP) is 3.24. The summed E-state index contributed by atoms with van der Waals surface area (Å²) in [5.74, 6) is 2.47. The third kappa shape index (κ3) is 3.33. The lowest BCUT2D eigenvalue weighted by atomic mass is 10.1. The highest BCUT2D eigenvalue weighted by Gasteiger charge is 2.49. The van der Waals surface area contributed by atoms with Crippen LogP contribution < -0.4 is 0 Å². The van der Waals surface area contributed by atoms with Gasteiger partial charge in [-0.2, -0.15) is 16.9 Å². The summed E-state index contributed by atoms with van der Waals surface area (Å²) in [5, 5.41) is 4.70. The molecule has 1 fully saturated rings. The van der Waals surface area contributed by atoms with Crippen LogP contribution >= 0.6 is 11.8 Å². The van der Waals surface area contributed by atoms with Crippen LogP contribution in [0.5, 0.6) is 0 Å². The lowest BCUT2D eigenvalue weighted by Gasteiger charge is -2.16. The molecule has 0 atom stereocenters. The van der Waals surface area contributed by atoms with Crippen molar-refractivity contribution in [3.05, 3.63) is 60.5 Å². The molecular weight excluding hydrogens is 337 g/mol. The number of imidazole rings is 1. The third-order valence-corrected chi connectivity index (χ3v) is 5.22. The lowest BCUT2D eigenvalue weighted by Crippen LogP contribution is -2.20. The van der Waals surface area contributed by atoms with Crippen LogP contribution in [0.25, 0.3) is 5.69 Å². The Morgan fingerprint density at radius 1 is 1.32 bits per heavy atom. The van der Waals surface area contributed by atoms with Gasteiger partial charge in [-0.15, -0.1) is 0 Å². The van der Waals surface area contributed by atoms with Gasteiger partial charge in [0.2, 0.25) is 0 Å². The first-order valence-corrected chi connectivity index (χ1v) is 9.77. The van der Waals surface area contributed by atoms with Crippen molar-refractivity contribution in [1.29, 1.82) is 0 Å². The highest BCUT2D eigenvalue weighted by molar-refractivity contribution is 7.98. The molecule has 0 radical (unpaired) electrons. The zero-order valence-electron chi connectivity index (χ0n) is 14.1. The average molecular weight is 357 g/mol. The number of aromatic nitrogens is 5. The summed E-state index contributed by atoms with van der Waals surface area (Å²) in [6.45, 7) is 0.822. The zero-order valence-corrected chi connectivity index (χ0v) is 14.9. The fraction of sp³-hybridized carbons (Fsp3) is 0.389. The first-order valence-electron chi connectivity index (χ1n) is 8.37. The van der Waals surface area contributed by atoms with E-state index in [1.807, 2.05) is 23.3 Å². The van der Waals surface area contributed by atoms with Gasteiger partial charge >= 0.3 is 0 Å². The van der Waals surface area contributed by atoms with E-state index in [4.69, 9.17) is 10.1 Å². The Morgan fingerprint density at radius 2 is 2.20 bits per heavy atom. The van der Waals surface area contributed by atoms with E-state index in [-0.39, 0.29) is 11.2 Å². The summed E-state index contributed by atoms with van der Waals surface area (Å²) in [6, 6.07) is 6.57. The quantitative estimate of drug-likeness (QED) is 0.651. The molecule has 5 nitrogen and oxygen atoms in total. The Bertz CT molecular complexity index is 854. The Kier molecular flexibility index (Phi) is 4.33. The summed E-state index contributed by atoms with van der Waals surface area (Å²) in [5.41, 5.74) is 0.687. The number of halogens is 1. The molecule has 0 N–H and O–H groups in total. The zero-order chi connectivity index (χ0) is 17.3. The van der Waals surface area contributed by atoms with Crippen molar-refractivity contribution in [3.63, 3.8) is 0 Å². The van der Waals surface area contributed by atoms with E-state index in [2.05, 4.69) is 15.8 Å². The minimum atomic E-state index is -0.260. The molecule has 2 aromatic heterocycles. The second kappa shape index (κ2) is 6.63. The summed E-state index contributed by atoms with van der Waals surface area (Å²) >= 11 is 1.78. The standard InChI is InChI=1S/C18H20FN5S/c1-25-10-5-16-21-17(18(6-7-18)12-23-9-8-20-13-23)24(22-16)15-4-2-3-14(19)11-15/h2-4,8-9,11,13H,5-7,10,12H2,1H3. The van der Waals surface area contributed by atoms with Crippen LogP contribution in [0.1, 0.15) is 24.5 Å². The smallest absolute Gasteiger partial charge is 0.152 e.